The van der Waals surface area contributed by atoms with Gasteiger partial charge in [0.1, 0.15) is 5.82 Å². The van der Waals surface area contributed by atoms with Crippen LogP contribution in [0.3, 0.4) is 0 Å². The van der Waals surface area contributed by atoms with E-state index in [-0.39, 0.29) is 0 Å². The lowest BCUT2D eigenvalue weighted by Gasteiger charge is -2.35. The van der Waals surface area contributed by atoms with Gasteiger partial charge in [0.15, 0.2) is 0 Å². The lowest BCUT2D eigenvalue weighted by Crippen LogP contribution is -2.43. The summed E-state index contributed by atoms with van der Waals surface area (Å²) in [4.78, 5) is 7.20. The van der Waals surface area contributed by atoms with Gasteiger partial charge < -0.3 is 15.0 Å². The Hall–Kier alpha value is -1.13. The molecule has 20 heavy (non-hydrogen) atoms. The molecule has 1 N–H and O–H groups in total. The minimum absolute atomic E-state index is 0.332. The number of ether oxygens (including phenoxy) is 1. The molecule has 0 radical (unpaired) electrons. The largest absolute Gasteiger partial charge is 0.375 e. The number of anilines is 1. The van der Waals surface area contributed by atoms with Crippen molar-refractivity contribution in [3.05, 3.63) is 22.9 Å². The Morgan fingerprint density at radius 1 is 1.40 bits per heavy atom. The molecule has 1 aliphatic heterocycles. The van der Waals surface area contributed by atoms with E-state index in [4.69, 9.17) is 9.72 Å². The average Bonchev–Trinajstić information content (AvgIpc) is 2.45. The number of aryl methyl sites for hydroxylation is 2. The van der Waals surface area contributed by atoms with E-state index in [2.05, 4.69) is 44.0 Å². The second kappa shape index (κ2) is 7.04. The summed E-state index contributed by atoms with van der Waals surface area (Å²) in [6.07, 6.45) is 1.39. The molecule has 2 heterocycles. The van der Waals surface area contributed by atoms with Gasteiger partial charge in [-0.05, 0) is 38.4 Å². The van der Waals surface area contributed by atoms with Crippen LogP contribution in [-0.2, 0) is 11.3 Å². The fourth-order valence-electron chi connectivity index (χ4n) is 2.73. The van der Waals surface area contributed by atoms with E-state index in [1.165, 1.54) is 11.1 Å². The molecule has 112 valence electrons. The monoisotopic (exact) mass is 277 g/mol. The lowest BCUT2D eigenvalue weighted by atomic mass is 10.1. The Balaban J connectivity index is 2.28. The normalized spacial score (nSPS) is 19.4. The van der Waals surface area contributed by atoms with E-state index in [9.17, 15) is 0 Å². The number of hydrogen-bond donors (Lipinski definition) is 1. The second-order valence-electron chi connectivity index (χ2n) is 5.51. The number of pyridine rings is 1. The molecule has 1 fully saturated rings. The molecule has 1 saturated heterocycles. The highest BCUT2D eigenvalue weighted by Gasteiger charge is 2.23. The van der Waals surface area contributed by atoms with E-state index >= 15 is 0 Å². The second-order valence-corrected chi connectivity index (χ2v) is 5.51. The summed E-state index contributed by atoms with van der Waals surface area (Å²) in [5.41, 5.74) is 3.75. The Kier molecular flexibility index (Phi) is 5.38. The summed E-state index contributed by atoms with van der Waals surface area (Å²) in [6.45, 7) is 13.1. The molecule has 0 aromatic carbocycles. The molecular formula is C16H27N3O. The zero-order valence-corrected chi connectivity index (χ0v) is 13.2. The Morgan fingerprint density at radius 3 is 2.90 bits per heavy atom. The Bertz CT molecular complexity index is 448. The number of morpholine rings is 1. The fraction of sp³-hybridized carbons (Fsp3) is 0.688. The van der Waals surface area contributed by atoms with Crippen LogP contribution < -0.4 is 10.2 Å². The first kappa shape index (κ1) is 15.3. The highest BCUT2D eigenvalue weighted by atomic mass is 16.5. The standard InChI is InChI=1S/C16H27N3O/c1-5-14-11-19(7-8-20-14)16-15(10-17-6-2)12(3)9-13(4)18-16/h9,14,17H,5-8,10-11H2,1-4H3. The summed E-state index contributed by atoms with van der Waals surface area (Å²) >= 11 is 0. The van der Waals surface area contributed by atoms with Gasteiger partial charge in [-0.2, -0.15) is 0 Å². The first-order valence-electron chi connectivity index (χ1n) is 7.70. The van der Waals surface area contributed by atoms with Crippen molar-refractivity contribution < 1.29 is 4.74 Å². The number of hydrogen-bond acceptors (Lipinski definition) is 4. The maximum absolute atomic E-state index is 5.78. The van der Waals surface area contributed by atoms with Gasteiger partial charge >= 0.3 is 0 Å². The van der Waals surface area contributed by atoms with Crippen LogP contribution in [0.1, 0.15) is 37.1 Å². The molecule has 1 aromatic rings. The van der Waals surface area contributed by atoms with Crippen LogP contribution in [0, 0.1) is 13.8 Å². The number of rotatable bonds is 5. The first-order chi connectivity index (χ1) is 9.65. The van der Waals surface area contributed by atoms with Crippen LogP contribution in [0.25, 0.3) is 0 Å². The third-order valence-corrected chi connectivity index (χ3v) is 3.90. The molecule has 0 aliphatic carbocycles. The minimum atomic E-state index is 0.332. The SMILES string of the molecule is CCNCc1c(C)cc(C)nc1N1CCOC(CC)C1. The van der Waals surface area contributed by atoms with Crippen molar-refractivity contribution in [1.29, 1.82) is 0 Å². The van der Waals surface area contributed by atoms with Gasteiger partial charge in [-0.15, -0.1) is 0 Å². The van der Waals surface area contributed by atoms with Gasteiger partial charge in [-0.3, -0.25) is 0 Å². The third-order valence-electron chi connectivity index (χ3n) is 3.90. The predicted molar refractivity (Wildman–Crippen MR) is 83.3 cm³/mol. The van der Waals surface area contributed by atoms with E-state index in [1.54, 1.807) is 0 Å². The minimum Gasteiger partial charge on any atom is -0.375 e. The fourth-order valence-corrected chi connectivity index (χ4v) is 2.73. The van der Waals surface area contributed by atoms with Gasteiger partial charge in [0.25, 0.3) is 0 Å². The molecule has 0 saturated carbocycles. The van der Waals surface area contributed by atoms with Crippen molar-refractivity contribution in [1.82, 2.24) is 10.3 Å². The zero-order valence-electron chi connectivity index (χ0n) is 13.2. The van der Waals surface area contributed by atoms with E-state index < -0.39 is 0 Å². The number of nitrogens with zero attached hydrogens (tertiary/aromatic N) is 2. The summed E-state index contributed by atoms with van der Waals surface area (Å²) in [5.74, 6) is 1.14. The smallest absolute Gasteiger partial charge is 0.133 e. The van der Waals surface area contributed by atoms with Gasteiger partial charge in [0.05, 0.1) is 12.7 Å². The van der Waals surface area contributed by atoms with Crippen LogP contribution in [0.4, 0.5) is 5.82 Å². The Morgan fingerprint density at radius 2 is 2.20 bits per heavy atom. The topological polar surface area (TPSA) is 37.4 Å². The first-order valence-corrected chi connectivity index (χ1v) is 7.70. The molecule has 4 heteroatoms. The average molecular weight is 277 g/mol. The van der Waals surface area contributed by atoms with Crippen molar-refractivity contribution in [2.45, 2.75) is 46.8 Å². The molecule has 4 nitrogen and oxygen atoms in total. The summed E-state index contributed by atoms with van der Waals surface area (Å²) in [5, 5.41) is 3.43. The van der Waals surface area contributed by atoms with Gasteiger partial charge in [0, 0.05) is 30.9 Å². The predicted octanol–water partition coefficient (Wildman–Crippen LogP) is 2.42. The molecule has 1 unspecified atom stereocenters. The van der Waals surface area contributed by atoms with Crippen molar-refractivity contribution in [2.24, 2.45) is 0 Å². The molecule has 0 spiro atoms. The van der Waals surface area contributed by atoms with Gasteiger partial charge in [0.2, 0.25) is 0 Å². The summed E-state index contributed by atoms with van der Waals surface area (Å²) in [7, 11) is 0. The van der Waals surface area contributed by atoms with Gasteiger partial charge in [-0.1, -0.05) is 13.8 Å². The molecule has 1 aromatic heterocycles. The van der Waals surface area contributed by atoms with Crippen molar-refractivity contribution in [2.75, 3.05) is 31.1 Å². The quantitative estimate of drug-likeness (QED) is 0.897. The zero-order chi connectivity index (χ0) is 14.5. The summed E-state index contributed by atoms with van der Waals surface area (Å²) < 4.78 is 5.78. The van der Waals surface area contributed by atoms with Crippen LogP contribution in [0.5, 0.6) is 0 Å². The molecule has 0 amide bonds. The maximum atomic E-state index is 5.78. The van der Waals surface area contributed by atoms with E-state index in [1.807, 2.05) is 0 Å². The molecule has 1 aliphatic rings. The number of aromatic nitrogens is 1. The van der Waals surface area contributed by atoms with Crippen molar-refractivity contribution >= 4 is 5.82 Å². The maximum Gasteiger partial charge on any atom is 0.133 e. The van der Waals surface area contributed by atoms with Crippen LogP contribution in [0.15, 0.2) is 6.07 Å². The molecule has 2 rings (SSSR count). The Labute approximate surface area is 122 Å². The molecule has 0 bridgehead atoms. The van der Waals surface area contributed by atoms with Crippen LogP contribution >= 0.6 is 0 Å². The highest BCUT2D eigenvalue weighted by Crippen LogP contribution is 2.25. The highest BCUT2D eigenvalue weighted by molar-refractivity contribution is 5.52. The van der Waals surface area contributed by atoms with E-state index in [0.29, 0.717) is 6.10 Å². The van der Waals surface area contributed by atoms with E-state index in [0.717, 1.165) is 50.7 Å². The van der Waals surface area contributed by atoms with Crippen molar-refractivity contribution in [3.63, 3.8) is 0 Å². The summed E-state index contributed by atoms with van der Waals surface area (Å²) in [6, 6.07) is 2.17. The van der Waals surface area contributed by atoms with Gasteiger partial charge in [-0.25, -0.2) is 4.98 Å². The van der Waals surface area contributed by atoms with Crippen LogP contribution in [-0.4, -0.2) is 37.3 Å². The van der Waals surface area contributed by atoms with Crippen molar-refractivity contribution in [3.8, 4) is 0 Å². The molecular weight excluding hydrogens is 250 g/mol. The number of nitrogens with one attached hydrogen (secondary N) is 1. The van der Waals surface area contributed by atoms with Crippen LogP contribution in [0.2, 0.25) is 0 Å². The third kappa shape index (κ3) is 3.49. The lowest BCUT2D eigenvalue weighted by molar-refractivity contribution is 0.0381. The molecule has 1 atom stereocenters.